The third-order valence-electron chi connectivity index (χ3n) is 3.77. The molecule has 134 valence electrons. The highest BCUT2D eigenvalue weighted by molar-refractivity contribution is 7.90. The number of sulfone groups is 1. The van der Waals surface area contributed by atoms with Gasteiger partial charge in [0, 0.05) is 24.3 Å². The molecule has 0 amide bonds. The van der Waals surface area contributed by atoms with E-state index in [1.807, 2.05) is 0 Å². The zero-order chi connectivity index (χ0) is 18.3. The molecule has 1 fully saturated rings. The summed E-state index contributed by atoms with van der Waals surface area (Å²) in [5.41, 5.74) is -2.77. The number of benzene rings is 1. The molecule has 1 N–H and O–H groups in total. The molecule has 0 atom stereocenters. The van der Waals surface area contributed by atoms with Crippen LogP contribution in [0.5, 0.6) is 0 Å². The average molecular weight is 387 g/mol. The number of hydrogen-bond acceptors (Lipinski definition) is 5. The van der Waals surface area contributed by atoms with E-state index >= 15 is 0 Å². The lowest BCUT2D eigenvalue weighted by Crippen LogP contribution is -2.24. The van der Waals surface area contributed by atoms with E-state index < -0.39 is 42.6 Å². The molecular formula is C13H14ClF3N2O4S. The van der Waals surface area contributed by atoms with Crippen molar-refractivity contribution in [1.29, 1.82) is 0 Å². The van der Waals surface area contributed by atoms with Crippen LogP contribution >= 0.6 is 11.6 Å². The van der Waals surface area contributed by atoms with Gasteiger partial charge in [-0.1, -0.05) is 11.6 Å². The highest BCUT2D eigenvalue weighted by Crippen LogP contribution is 2.47. The molecule has 0 heterocycles. The lowest BCUT2D eigenvalue weighted by atomic mass is 10.1. The normalized spacial score (nSPS) is 16.7. The van der Waals surface area contributed by atoms with E-state index in [4.69, 9.17) is 11.6 Å². The zero-order valence-corrected chi connectivity index (χ0v) is 14.1. The number of nitrogens with zero attached hydrogens (tertiary/aromatic N) is 1. The molecule has 24 heavy (non-hydrogen) atoms. The van der Waals surface area contributed by atoms with E-state index in [-0.39, 0.29) is 18.0 Å². The van der Waals surface area contributed by atoms with E-state index in [9.17, 15) is 31.7 Å². The molecule has 1 aliphatic carbocycles. The summed E-state index contributed by atoms with van der Waals surface area (Å²) < 4.78 is 61.2. The Kier molecular flexibility index (Phi) is 4.75. The molecule has 0 saturated heterocycles. The third kappa shape index (κ3) is 4.50. The van der Waals surface area contributed by atoms with Gasteiger partial charge in [0.2, 0.25) is 0 Å². The van der Waals surface area contributed by atoms with Gasteiger partial charge in [0.15, 0.2) is 0 Å². The lowest BCUT2D eigenvalue weighted by Gasteiger charge is -2.17. The molecule has 1 aromatic rings. The van der Waals surface area contributed by atoms with Gasteiger partial charge in [-0.25, -0.2) is 8.42 Å². The standard InChI is InChI=1S/C13H14ClF3N2O4S/c1-24(22,23)7-12(2-3-12)6-18-10-5-9(14)8(13(15,16)17)4-11(10)19(20)21/h4-5,18H,2-3,6-7H2,1H3. The van der Waals surface area contributed by atoms with Gasteiger partial charge in [0.25, 0.3) is 5.69 Å². The summed E-state index contributed by atoms with van der Waals surface area (Å²) >= 11 is 5.58. The molecule has 6 nitrogen and oxygen atoms in total. The fourth-order valence-corrected chi connectivity index (χ4v) is 4.23. The van der Waals surface area contributed by atoms with Crippen LogP contribution in [0, 0.1) is 15.5 Å². The van der Waals surface area contributed by atoms with Gasteiger partial charge in [-0.05, 0) is 18.9 Å². The van der Waals surface area contributed by atoms with Gasteiger partial charge in [0.05, 0.1) is 21.3 Å². The average Bonchev–Trinajstić information content (AvgIpc) is 3.12. The summed E-state index contributed by atoms with van der Waals surface area (Å²) in [6.07, 6.45) is -2.48. The number of nitro benzene ring substituents is 1. The first-order chi connectivity index (χ1) is 10.8. The molecule has 0 unspecified atom stereocenters. The first-order valence-corrected chi connectivity index (χ1v) is 9.24. The van der Waals surface area contributed by atoms with E-state index in [0.29, 0.717) is 18.9 Å². The van der Waals surface area contributed by atoms with E-state index in [2.05, 4.69) is 5.32 Å². The number of nitro groups is 1. The summed E-state index contributed by atoms with van der Waals surface area (Å²) in [5, 5.41) is 13.1. The Morgan fingerprint density at radius 3 is 2.38 bits per heavy atom. The number of halogens is 4. The summed E-state index contributed by atoms with van der Waals surface area (Å²) in [4.78, 5) is 10.1. The van der Waals surface area contributed by atoms with Crippen LogP contribution in [-0.4, -0.2) is 31.9 Å². The molecule has 0 spiro atoms. The Labute approximate surface area is 141 Å². The van der Waals surface area contributed by atoms with Crippen molar-refractivity contribution >= 4 is 32.8 Å². The van der Waals surface area contributed by atoms with Crippen molar-refractivity contribution in [2.45, 2.75) is 19.0 Å². The minimum Gasteiger partial charge on any atom is -0.379 e. The van der Waals surface area contributed by atoms with Gasteiger partial charge < -0.3 is 5.32 Å². The number of anilines is 1. The van der Waals surface area contributed by atoms with Gasteiger partial charge in [-0.2, -0.15) is 13.2 Å². The zero-order valence-electron chi connectivity index (χ0n) is 12.5. The molecule has 11 heteroatoms. The Morgan fingerprint density at radius 2 is 1.96 bits per heavy atom. The quantitative estimate of drug-likeness (QED) is 0.597. The van der Waals surface area contributed by atoms with Crippen LogP contribution in [0.4, 0.5) is 24.5 Å². The fraction of sp³-hybridized carbons (Fsp3) is 0.538. The number of alkyl halides is 3. The smallest absolute Gasteiger partial charge is 0.379 e. The predicted octanol–water partition coefficient (Wildman–Crippen LogP) is 3.50. The molecule has 0 radical (unpaired) electrons. The van der Waals surface area contributed by atoms with E-state index in [1.165, 1.54) is 0 Å². The summed E-state index contributed by atoms with van der Waals surface area (Å²) in [7, 11) is -3.23. The molecule has 0 bridgehead atoms. The van der Waals surface area contributed by atoms with Crippen LogP contribution in [0.15, 0.2) is 12.1 Å². The van der Waals surface area contributed by atoms with Crippen molar-refractivity contribution in [3.05, 3.63) is 32.8 Å². The Bertz CT molecular complexity index is 776. The van der Waals surface area contributed by atoms with E-state index in [0.717, 1.165) is 12.3 Å². The highest BCUT2D eigenvalue weighted by atomic mass is 35.5. The maximum absolute atomic E-state index is 12.8. The van der Waals surface area contributed by atoms with Crippen LogP contribution in [0.3, 0.4) is 0 Å². The third-order valence-corrected chi connectivity index (χ3v) is 5.22. The second-order valence-electron chi connectivity index (χ2n) is 6.03. The Balaban J connectivity index is 2.28. The van der Waals surface area contributed by atoms with Gasteiger partial charge in [-0.15, -0.1) is 0 Å². The minimum atomic E-state index is -4.81. The van der Waals surface area contributed by atoms with Crippen molar-refractivity contribution < 1.29 is 26.5 Å². The topological polar surface area (TPSA) is 89.3 Å². The number of hydrogen-bond donors (Lipinski definition) is 1. The number of nitrogens with one attached hydrogen (secondary N) is 1. The van der Waals surface area contributed by atoms with Crippen molar-refractivity contribution in [3.8, 4) is 0 Å². The maximum Gasteiger partial charge on any atom is 0.418 e. The maximum atomic E-state index is 12.8. The first kappa shape index (κ1) is 18.8. The van der Waals surface area contributed by atoms with Gasteiger partial charge in [-0.3, -0.25) is 10.1 Å². The highest BCUT2D eigenvalue weighted by Gasteiger charge is 2.45. The minimum absolute atomic E-state index is 0.0881. The second kappa shape index (κ2) is 6.07. The molecule has 2 rings (SSSR count). The van der Waals surface area contributed by atoms with Crippen molar-refractivity contribution in [1.82, 2.24) is 0 Å². The Morgan fingerprint density at radius 1 is 1.38 bits per heavy atom. The molecule has 1 saturated carbocycles. The molecule has 0 aromatic heterocycles. The van der Waals surface area contributed by atoms with Crippen LogP contribution < -0.4 is 5.32 Å². The van der Waals surface area contributed by atoms with Crippen molar-refractivity contribution in [3.63, 3.8) is 0 Å². The summed E-state index contributed by atoms with van der Waals surface area (Å²) in [5.74, 6) is -0.0881. The monoisotopic (exact) mass is 386 g/mol. The number of rotatable bonds is 6. The summed E-state index contributed by atoms with van der Waals surface area (Å²) in [6.45, 7) is 0.0998. The molecule has 1 aliphatic rings. The van der Waals surface area contributed by atoms with Crippen LogP contribution in [0.1, 0.15) is 18.4 Å². The van der Waals surface area contributed by atoms with E-state index in [1.54, 1.807) is 0 Å². The van der Waals surface area contributed by atoms with Crippen LogP contribution in [0.25, 0.3) is 0 Å². The molecular weight excluding hydrogens is 373 g/mol. The first-order valence-electron chi connectivity index (χ1n) is 6.80. The predicted molar refractivity (Wildman–Crippen MR) is 83.0 cm³/mol. The molecule has 1 aromatic carbocycles. The molecule has 0 aliphatic heterocycles. The Hall–Kier alpha value is -1.55. The fourth-order valence-electron chi connectivity index (χ4n) is 2.46. The van der Waals surface area contributed by atoms with Gasteiger partial charge >= 0.3 is 6.18 Å². The summed E-state index contributed by atoms with van der Waals surface area (Å²) in [6, 6.07) is 1.22. The second-order valence-corrected chi connectivity index (χ2v) is 8.58. The van der Waals surface area contributed by atoms with Crippen molar-refractivity contribution in [2.75, 3.05) is 23.9 Å². The van der Waals surface area contributed by atoms with Crippen molar-refractivity contribution in [2.24, 2.45) is 5.41 Å². The van der Waals surface area contributed by atoms with Crippen LogP contribution in [0.2, 0.25) is 5.02 Å². The van der Waals surface area contributed by atoms with Gasteiger partial charge in [0.1, 0.15) is 15.5 Å². The SMILES string of the molecule is CS(=O)(=O)CC1(CNc2cc(Cl)c(C(F)(F)F)cc2[N+](=O)[O-])CC1. The largest absolute Gasteiger partial charge is 0.418 e. The van der Waals surface area contributed by atoms with Crippen LogP contribution in [-0.2, 0) is 16.0 Å². The lowest BCUT2D eigenvalue weighted by molar-refractivity contribution is -0.384.